The molecule has 3 nitrogen and oxygen atoms in total. The maximum absolute atomic E-state index is 12.1. The first-order chi connectivity index (χ1) is 10.1. The second-order valence-corrected chi connectivity index (χ2v) is 7.41. The average molecular weight is 295 g/mol. The molecule has 0 spiro atoms. The molecule has 2 aliphatic rings. The van der Waals surface area contributed by atoms with Crippen LogP contribution in [-0.2, 0) is 4.79 Å². The Balaban J connectivity index is 1.68. The second kappa shape index (κ2) is 8.17. The van der Waals surface area contributed by atoms with E-state index in [4.69, 9.17) is 0 Å². The maximum atomic E-state index is 12.1. The molecular weight excluding hydrogens is 262 g/mol. The summed E-state index contributed by atoms with van der Waals surface area (Å²) < 4.78 is 0. The predicted molar refractivity (Wildman–Crippen MR) is 86.0 cm³/mol. The van der Waals surface area contributed by atoms with Gasteiger partial charge in [-0.1, -0.05) is 39.0 Å². The zero-order valence-electron chi connectivity index (χ0n) is 13.7. The van der Waals surface area contributed by atoms with Crippen LogP contribution in [0.4, 0.5) is 0 Å². The van der Waals surface area contributed by atoms with Gasteiger partial charge in [-0.05, 0) is 50.4 Å². The SMILES string of the molecule is CCC1CCC(O)(CNC(=O)CC2CCCCCC2)CC1. The lowest BCUT2D eigenvalue weighted by atomic mass is 9.78. The van der Waals surface area contributed by atoms with Gasteiger partial charge in [-0.15, -0.1) is 0 Å². The summed E-state index contributed by atoms with van der Waals surface area (Å²) in [6.07, 6.45) is 13.4. The first-order valence-corrected chi connectivity index (χ1v) is 9.10. The summed E-state index contributed by atoms with van der Waals surface area (Å²) in [6, 6.07) is 0. The number of hydrogen-bond acceptors (Lipinski definition) is 2. The van der Waals surface area contributed by atoms with Crippen molar-refractivity contribution in [3.05, 3.63) is 0 Å². The topological polar surface area (TPSA) is 49.3 Å². The van der Waals surface area contributed by atoms with Gasteiger partial charge in [0.15, 0.2) is 0 Å². The van der Waals surface area contributed by atoms with Crippen molar-refractivity contribution in [2.45, 2.75) is 89.6 Å². The van der Waals surface area contributed by atoms with Crippen LogP contribution < -0.4 is 5.32 Å². The monoisotopic (exact) mass is 295 g/mol. The summed E-state index contributed by atoms with van der Waals surface area (Å²) in [7, 11) is 0. The average Bonchev–Trinajstić information content (AvgIpc) is 2.75. The molecule has 0 saturated heterocycles. The zero-order valence-corrected chi connectivity index (χ0v) is 13.7. The normalized spacial score (nSPS) is 31.6. The minimum Gasteiger partial charge on any atom is -0.388 e. The van der Waals surface area contributed by atoms with Crippen molar-refractivity contribution in [3.8, 4) is 0 Å². The van der Waals surface area contributed by atoms with Crippen LogP contribution in [0.3, 0.4) is 0 Å². The Bertz CT molecular complexity index is 313. The highest BCUT2D eigenvalue weighted by Crippen LogP contribution is 2.33. The van der Waals surface area contributed by atoms with E-state index in [0.29, 0.717) is 18.9 Å². The number of aliphatic hydroxyl groups is 1. The minimum atomic E-state index is -0.648. The zero-order chi connectivity index (χ0) is 15.1. The largest absolute Gasteiger partial charge is 0.388 e. The standard InChI is InChI=1S/C18H33NO2/c1-2-15-9-11-18(21,12-10-15)14-19-17(20)13-16-7-5-3-4-6-8-16/h15-16,21H,2-14H2,1H3,(H,19,20). The van der Waals surface area contributed by atoms with Gasteiger partial charge in [-0.2, -0.15) is 0 Å². The summed E-state index contributed by atoms with van der Waals surface area (Å²) in [5, 5.41) is 13.6. The molecule has 0 aliphatic heterocycles. The lowest BCUT2D eigenvalue weighted by Gasteiger charge is -2.36. The summed E-state index contributed by atoms with van der Waals surface area (Å²) in [6.45, 7) is 2.68. The van der Waals surface area contributed by atoms with E-state index in [1.807, 2.05) is 0 Å². The second-order valence-electron chi connectivity index (χ2n) is 7.41. The van der Waals surface area contributed by atoms with Crippen molar-refractivity contribution in [2.75, 3.05) is 6.54 Å². The maximum Gasteiger partial charge on any atom is 0.220 e. The first-order valence-electron chi connectivity index (χ1n) is 9.10. The van der Waals surface area contributed by atoms with E-state index in [2.05, 4.69) is 12.2 Å². The molecule has 0 atom stereocenters. The molecule has 2 aliphatic carbocycles. The molecule has 2 saturated carbocycles. The van der Waals surface area contributed by atoms with Crippen LogP contribution in [0.5, 0.6) is 0 Å². The molecule has 2 rings (SSSR count). The first kappa shape index (κ1) is 16.8. The van der Waals surface area contributed by atoms with E-state index < -0.39 is 5.60 Å². The highest BCUT2D eigenvalue weighted by atomic mass is 16.3. The molecular formula is C18H33NO2. The molecule has 2 N–H and O–H groups in total. The van der Waals surface area contributed by atoms with E-state index in [1.54, 1.807) is 0 Å². The van der Waals surface area contributed by atoms with Crippen molar-refractivity contribution in [1.29, 1.82) is 0 Å². The minimum absolute atomic E-state index is 0.146. The lowest BCUT2D eigenvalue weighted by molar-refractivity contribution is -0.123. The van der Waals surface area contributed by atoms with Crippen LogP contribution in [-0.4, -0.2) is 23.2 Å². The van der Waals surface area contributed by atoms with Gasteiger partial charge in [-0.3, -0.25) is 4.79 Å². The highest BCUT2D eigenvalue weighted by Gasteiger charge is 2.33. The molecule has 0 radical (unpaired) electrons. The lowest BCUT2D eigenvalue weighted by Crippen LogP contribution is -2.45. The number of carbonyl (C=O) groups is 1. The molecule has 0 bridgehead atoms. The van der Waals surface area contributed by atoms with Gasteiger partial charge < -0.3 is 10.4 Å². The third-order valence-electron chi connectivity index (χ3n) is 5.68. The van der Waals surface area contributed by atoms with E-state index >= 15 is 0 Å². The summed E-state index contributed by atoms with van der Waals surface area (Å²) in [4.78, 5) is 12.1. The van der Waals surface area contributed by atoms with E-state index in [1.165, 1.54) is 44.9 Å². The number of rotatable bonds is 5. The van der Waals surface area contributed by atoms with Crippen LogP contribution >= 0.6 is 0 Å². The van der Waals surface area contributed by atoms with Crippen molar-refractivity contribution >= 4 is 5.91 Å². The van der Waals surface area contributed by atoms with Gasteiger partial charge in [0.1, 0.15) is 0 Å². The molecule has 2 fully saturated rings. The van der Waals surface area contributed by atoms with Gasteiger partial charge in [0.2, 0.25) is 5.91 Å². The molecule has 122 valence electrons. The van der Waals surface area contributed by atoms with E-state index in [9.17, 15) is 9.90 Å². The molecule has 0 aromatic heterocycles. The Morgan fingerprint density at radius 2 is 1.67 bits per heavy atom. The number of nitrogens with one attached hydrogen (secondary N) is 1. The summed E-state index contributed by atoms with van der Waals surface area (Å²) in [5.74, 6) is 1.48. The van der Waals surface area contributed by atoms with Gasteiger partial charge in [0.05, 0.1) is 5.60 Å². The summed E-state index contributed by atoms with van der Waals surface area (Å²) >= 11 is 0. The fourth-order valence-electron chi connectivity index (χ4n) is 3.97. The molecule has 0 aromatic carbocycles. The van der Waals surface area contributed by atoms with Gasteiger partial charge in [0, 0.05) is 13.0 Å². The van der Waals surface area contributed by atoms with Crippen molar-refractivity contribution in [2.24, 2.45) is 11.8 Å². The molecule has 21 heavy (non-hydrogen) atoms. The van der Waals surface area contributed by atoms with Crippen LogP contribution in [0.25, 0.3) is 0 Å². The van der Waals surface area contributed by atoms with Crippen molar-refractivity contribution < 1.29 is 9.90 Å². The van der Waals surface area contributed by atoms with Crippen LogP contribution in [0, 0.1) is 11.8 Å². The molecule has 0 heterocycles. The van der Waals surface area contributed by atoms with Crippen LogP contribution in [0.1, 0.15) is 84.0 Å². The fourth-order valence-corrected chi connectivity index (χ4v) is 3.97. The molecule has 3 heteroatoms. The molecule has 0 aromatic rings. The Labute approximate surface area is 129 Å². The van der Waals surface area contributed by atoms with Gasteiger partial charge in [-0.25, -0.2) is 0 Å². The fraction of sp³-hybridized carbons (Fsp3) is 0.944. The van der Waals surface area contributed by atoms with Crippen LogP contribution in [0.15, 0.2) is 0 Å². The van der Waals surface area contributed by atoms with E-state index in [0.717, 1.165) is 31.6 Å². The molecule has 0 unspecified atom stereocenters. The Kier molecular flexibility index (Phi) is 6.53. The van der Waals surface area contributed by atoms with Gasteiger partial charge >= 0.3 is 0 Å². The molecule has 1 amide bonds. The predicted octanol–water partition coefficient (Wildman–Crippen LogP) is 3.79. The van der Waals surface area contributed by atoms with Gasteiger partial charge in [0.25, 0.3) is 0 Å². The Morgan fingerprint density at radius 3 is 2.24 bits per heavy atom. The Morgan fingerprint density at radius 1 is 1.05 bits per heavy atom. The number of hydrogen-bond donors (Lipinski definition) is 2. The highest BCUT2D eigenvalue weighted by molar-refractivity contribution is 5.76. The van der Waals surface area contributed by atoms with Crippen molar-refractivity contribution in [1.82, 2.24) is 5.32 Å². The smallest absolute Gasteiger partial charge is 0.220 e. The third-order valence-corrected chi connectivity index (χ3v) is 5.68. The number of amides is 1. The Hall–Kier alpha value is -0.570. The number of carbonyl (C=O) groups excluding carboxylic acids is 1. The van der Waals surface area contributed by atoms with Crippen molar-refractivity contribution in [3.63, 3.8) is 0 Å². The third kappa shape index (κ3) is 5.61. The summed E-state index contributed by atoms with van der Waals surface area (Å²) in [5.41, 5.74) is -0.648. The van der Waals surface area contributed by atoms with Crippen LogP contribution in [0.2, 0.25) is 0 Å². The van der Waals surface area contributed by atoms with E-state index in [-0.39, 0.29) is 5.91 Å². The quantitative estimate of drug-likeness (QED) is 0.758.